The number of ether oxygens (including phenoxy) is 2. The van der Waals surface area contributed by atoms with Crippen LogP contribution in [0.25, 0.3) is 0 Å². The first kappa shape index (κ1) is 12.8. The second-order valence-corrected chi connectivity index (χ2v) is 3.90. The van der Waals surface area contributed by atoms with E-state index in [-0.39, 0.29) is 6.04 Å². The molecule has 0 unspecified atom stereocenters. The van der Waals surface area contributed by atoms with E-state index in [0.29, 0.717) is 6.61 Å². The van der Waals surface area contributed by atoms with Gasteiger partial charge in [0.05, 0.1) is 13.7 Å². The second-order valence-electron chi connectivity index (χ2n) is 3.90. The molecule has 1 rings (SSSR count). The number of para-hydroxylation sites is 1. The molecule has 0 bridgehead atoms. The van der Waals surface area contributed by atoms with Crippen LogP contribution in [0.15, 0.2) is 18.2 Å². The molecule has 0 aliphatic carbocycles. The molecular weight excluding hydrogens is 202 g/mol. The van der Waals surface area contributed by atoms with E-state index in [9.17, 15) is 0 Å². The third-order valence-electron chi connectivity index (χ3n) is 2.43. The number of aryl methyl sites for hydroxylation is 1. The lowest BCUT2D eigenvalue weighted by molar-refractivity contribution is 0.309. The highest BCUT2D eigenvalue weighted by Crippen LogP contribution is 2.31. The molecule has 0 saturated heterocycles. The monoisotopic (exact) mass is 223 g/mol. The zero-order valence-electron chi connectivity index (χ0n) is 10.3. The predicted molar refractivity (Wildman–Crippen MR) is 66.1 cm³/mol. The van der Waals surface area contributed by atoms with Crippen LogP contribution in [0.1, 0.15) is 25.8 Å². The van der Waals surface area contributed by atoms with Crippen molar-refractivity contribution in [3.8, 4) is 11.5 Å². The van der Waals surface area contributed by atoms with Crippen molar-refractivity contribution in [2.24, 2.45) is 5.73 Å². The Balaban J connectivity index is 2.85. The Morgan fingerprint density at radius 1 is 1.38 bits per heavy atom. The molecule has 0 amide bonds. The highest BCUT2D eigenvalue weighted by Gasteiger charge is 2.09. The molecule has 90 valence electrons. The molecule has 3 heteroatoms. The summed E-state index contributed by atoms with van der Waals surface area (Å²) in [7, 11) is 1.67. The van der Waals surface area contributed by atoms with Gasteiger partial charge in [-0.1, -0.05) is 12.1 Å². The average Bonchev–Trinajstić information content (AvgIpc) is 2.27. The molecule has 0 radical (unpaired) electrons. The van der Waals surface area contributed by atoms with Gasteiger partial charge in [-0.2, -0.15) is 0 Å². The molecule has 1 aromatic carbocycles. The number of hydrogen-bond donors (Lipinski definition) is 1. The molecule has 0 heterocycles. The fraction of sp³-hybridized carbons (Fsp3) is 0.538. The van der Waals surface area contributed by atoms with E-state index in [1.807, 2.05) is 26.0 Å². The fourth-order valence-electron chi connectivity index (χ4n) is 1.64. The standard InChI is InChI=1S/C13H21NO2/c1-4-16-12-7-5-6-11(13(12)15-3)9-8-10(2)14/h5-7,10H,4,8-9,14H2,1-3H3/t10-/m0/s1. The molecule has 0 spiro atoms. The third kappa shape index (κ3) is 3.42. The van der Waals surface area contributed by atoms with Gasteiger partial charge in [0.25, 0.3) is 0 Å². The van der Waals surface area contributed by atoms with E-state index >= 15 is 0 Å². The van der Waals surface area contributed by atoms with Crippen LogP contribution in [-0.4, -0.2) is 19.8 Å². The molecule has 1 atom stereocenters. The molecule has 2 N–H and O–H groups in total. The topological polar surface area (TPSA) is 44.5 Å². The lowest BCUT2D eigenvalue weighted by atomic mass is 10.1. The highest BCUT2D eigenvalue weighted by atomic mass is 16.5. The van der Waals surface area contributed by atoms with Crippen molar-refractivity contribution in [3.05, 3.63) is 23.8 Å². The smallest absolute Gasteiger partial charge is 0.163 e. The molecule has 0 aliphatic rings. The molecule has 0 aliphatic heterocycles. The molecule has 0 aromatic heterocycles. The maximum Gasteiger partial charge on any atom is 0.163 e. The molecule has 0 saturated carbocycles. The van der Waals surface area contributed by atoms with Crippen LogP contribution in [-0.2, 0) is 6.42 Å². The minimum Gasteiger partial charge on any atom is -0.493 e. The Morgan fingerprint density at radius 2 is 2.12 bits per heavy atom. The lowest BCUT2D eigenvalue weighted by Gasteiger charge is -2.14. The van der Waals surface area contributed by atoms with Crippen molar-refractivity contribution >= 4 is 0 Å². The summed E-state index contributed by atoms with van der Waals surface area (Å²) in [5.41, 5.74) is 6.91. The molecular formula is C13H21NO2. The fourth-order valence-corrected chi connectivity index (χ4v) is 1.64. The van der Waals surface area contributed by atoms with E-state index in [0.717, 1.165) is 29.9 Å². The van der Waals surface area contributed by atoms with Crippen LogP contribution in [0.3, 0.4) is 0 Å². The summed E-state index contributed by atoms with van der Waals surface area (Å²) in [6.07, 6.45) is 1.87. The van der Waals surface area contributed by atoms with Crippen LogP contribution in [0.5, 0.6) is 11.5 Å². The summed E-state index contributed by atoms with van der Waals surface area (Å²) in [6.45, 7) is 4.63. The number of nitrogens with two attached hydrogens (primary N) is 1. The van der Waals surface area contributed by atoms with E-state index < -0.39 is 0 Å². The largest absolute Gasteiger partial charge is 0.493 e. The molecule has 0 fully saturated rings. The van der Waals surface area contributed by atoms with Gasteiger partial charge >= 0.3 is 0 Å². The first-order valence-corrected chi connectivity index (χ1v) is 5.73. The second kappa shape index (κ2) is 6.38. The van der Waals surface area contributed by atoms with E-state index in [4.69, 9.17) is 15.2 Å². The Hall–Kier alpha value is -1.22. The van der Waals surface area contributed by atoms with Crippen LogP contribution >= 0.6 is 0 Å². The van der Waals surface area contributed by atoms with Crippen LogP contribution in [0, 0.1) is 0 Å². The zero-order chi connectivity index (χ0) is 12.0. The van der Waals surface area contributed by atoms with Gasteiger partial charge in [0.1, 0.15) is 0 Å². The first-order chi connectivity index (χ1) is 7.69. The zero-order valence-corrected chi connectivity index (χ0v) is 10.3. The number of rotatable bonds is 6. The van der Waals surface area contributed by atoms with Gasteiger partial charge in [0.15, 0.2) is 11.5 Å². The Kier molecular flexibility index (Phi) is 5.12. The minimum atomic E-state index is 0.209. The van der Waals surface area contributed by atoms with Crippen molar-refractivity contribution < 1.29 is 9.47 Å². The average molecular weight is 223 g/mol. The molecule has 16 heavy (non-hydrogen) atoms. The summed E-state index contributed by atoms with van der Waals surface area (Å²) in [5, 5.41) is 0. The van der Waals surface area contributed by atoms with Crippen molar-refractivity contribution in [1.29, 1.82) is 0 Å². The van der Waals surface area contributed by atoms with Gasteiger partial charge in [-0.15, -0.1) is 0 Å². The van der Waals surface area contributed by atoms with Gasteiger partial charge in [-0.3, -0.25) is 0 Å². The predicted octanol–water partition coefficient (Wildman–Crippen LogP) is 2.37. The van der Waals surface area contributed by atoms with Crippen molar-refractivity contribution in [2.75, 3.05) is 13.7 Å². The van der Waals surface area contributed by atoms with Crippen LogP contribution in [0.2, 0.25) is 0 Å². The van der Waals surface area contributed by atoms with Crippen molar-refractivity contribution in [3.63, 3.8) is 0 Å². The first-order valence-electron chi connectivity index (χ1n) is 5.73. The summed E-state index contributed by atoms with van der Waals surface area (Å²) in [5.74, 6) is 1.65. The van der Waals surface area contributed by atoms with E-state index in [2.05, 4.69) is 6.07 Å². The lowest BCUT2D eigenvalue weighted by Crippen LogP contribution is -2.15. The van der Waals surface area contributed by atoms with Gasteiger partial charge in [-0.05, 0) is 38.3 Å². The van der Waals surface area contributed by atoms with Gasteiger partial charge < -0.3 is 15.2 Å². The van der Waals surface area contributed by atoms with Crippen LogP contribution in [0.4, 0.5) is 0 Å². The summed E-state index contributed by atoms with van der Waals surface area (Å²) in [6, 6.07) is 6.19. The maximum atomic E-state index is 5.76. The Bertz CT molecular complexity index is 324. The number of hydrogen-bond acceptors (Lipinski definition) is 3. The quantitative estimate of drug-likeness (QED) is 0.805. The number of methoxy groups -OCH3 is 1. The Labute approximate surface area is 97.6 Å². The Morgan fingerprint density at radius 3 is 2.69 bits per heavy atom. The van der Waals surface area contributed by atoms with E-state index in [1.54, 1.807) is 7.11 Å². The van der Waals surface area contributed by atoms with Gasteiger partial charge in [0, 0.05) is 6.04 Å². The van der Waals surface area contributed by atoms with Gasteiger partial charge in [-0.25, -0.2) is 0 Å². The number of benzene rings is 1. The summed E-state index contributed by atoms with van der Waals surface area (Å²) >= 11 is 0. The summed E-state index contributed by atoms with van der Waals surface area (Å²) in [4.78, 5) is 0. The molecule has 3 nitrogen and oxygen atoms in total. The molecule has 1 aromatic rings. The van der Waals surface area contributed by atoms with E-state index in [1.165, 1.54) is 0 Å². The van der Waals surface area contributed by atoms with Crippen molar-refractivity contribution in [2.45, 2.75) is 32.7 Å². The highest BCUT2D eigenvalue weighted by molar-refractivity contribution is 5.46. The minimum absolute atomic E-state index is 0.209. The van der Waals surface area contributed by atoms with Crippen LogP contribution < -0.4 is 15.2 Å². The van der Waals surface area contributed by atoms with Gasteiger partial charge in [0.2, 0.25) is 0 Å². The normalized spacial score (nSPS) is 12.2. The maximum absolute atomic E-state index is 5.76. The van der Waals surface area contributed by atoms with Crippen molar-refractivity contribution in [1.82, 2.24) is 0 Å². The SMILES string of the molecule is CCOc1cccc(CC[C@H](C)N)c1OC. The third-order valence-corrected chi connectivity index (χ3v) is 2.43. The summed E-state index contributed by atoms with van der Waals surface area (Å²) < 4.78 is 10.9.